The Labute approximate surface area is 145 Å². The van der Waals surface area contributed by atoms with Crippen molar-refractivity contribution in [1.29, 1.82) is 0 Å². The van der Waals surface area contributed by atoms with Gasteiger partial charge in [0.05, 0.1) is 11.4 Å². The number of thiophene rings is 1. The Hall–Kier alpha value is -2.47. The van der Waals surface area contributed by atoms with Gasteiger partial charge in [0.2, 0.25) is 5.91 Å². The molecule has 3 aromatic rings. The van der Waals surface area contributed by atoms with Gasteiger partial charge in [-0.15, -0.1) is 11.3 Å². The van der Waals surface area contributed by atoms with Crippen LogP contribution in [0.4, 0.5) is 0 Å². The summed E-state index contributed by atoms with van der Waals surface area (Å²) in [5, 5.41) is 9.17. The number of hydrogen-bond acceptors (Lipinski definition) is 4. The zero-order chi connectivity index (χ0) is 16.9. The van der Waals surface area contributed by atoms with Crippen molar-refractivity contribution in [1.82, 2.24) is 20.1 Å². The van der Waals surface area contributed by atoms with Crippen molar-refractivity contribution in [3.8, 4) is 11.4 Å². The average molecular weight is 340 g/mol. The van der Waals surface area contributed by atoms with E-state index in [0.717, 1.165) is 23.4 Å². The van der Waals surface area contributed by atoms with E-state index in [1.165, 1.54) is 10.4 Å². The van der Waals surface area contributed by atoms with Crippen LogP contribution in [0.1, 0.15) is 22.4 Å². The first kappa shape index (κ1) is 16.4. The Morgan fingerprint density at radius 1 is 1.29 bits per heavy atom. The molecule has 3 heterocycles. The molecule has 1 amide bonds. The highest BCUT2D eigenvalue weighted by atomic mass is 32.1. The SMILES string of the molecule is Cc1ccsc1CCC(=O)NCc1ccc(-c2ccnn2C)nc1. The van der Waals surface area contributed by atoms with Gasteiger partial charge in [-0.05, 0) is 48.1 Å². The molecule has 0 bridgehead atoms. The second kappa shape index (κ2) is 7.40. The molecule has 0 spiro atoms. The lowest BCUT2D eigenvalue weighted by molar-refractivity contribution is -0.121. The summed E-state index contributed by atoms with van der Waals surface area (Å²) in [5.74, 6) is 0.0681. The van der Waals surface area contributed by atoms with Crippen LogP contribution in [0, 0.1) is 6.92 Å². The molecule has 6 heteroatoms. The number of carbonyl (C=O) groups excluding carboxylic acids is 1. The second-order valence-corrected chi connectivity index (χ2v) is 6.70. The monoisotopic (exact) mass is 340 g/mol. The molecule has 5 nitrogen and oxygen atoms in total. The number of carbonyl (C=O) groups is 1. The highest BCUT2D eigenvalue weighted by molar-refractivity contribution is 7.10. The predicted molar refractivity (Wildman–Crippen MR) is 95.7 cm³/mol. The van der Waals surface area contributed by atoms with Crippen molar-refractivity contribution in [2.45, 2.75) is 26.3 Å². The van der Waals surface area contributed by atoms with Crippen LogP contribution in [0.25, 0.3) is 11.4 Å². The first-order chi connectivity index (χ1) is 11.6. The minimum Gasteiger partial charge on any atom is -0.352 e. The molecule has 0 atom stereocenters. The molecule has 0 aliphatic heterocycles. The number of pyridine rings is 1. The van der Waals surface area contributed by atoms with Crippen molar-refractivity contribution in [2.75, 3.05) is 0 Å². The summed E-state index contributed by atoms with van der Waals surface area (Å²) in [6.45, 7) is 2.58. The van der Waals surface area contributed by atoms with E-state index in [1.807, 2.05) is 25.2 Å². The summed E-state index contributed by atoms with van der Waals surface area (Å²) in [4.78, 5) is 17.7. The fourth-order valence-electron chi connectivity index (χ4n) is 2.48. The molecule has 0 radical (unpaired) electrons. The lowest BCUT2D eigenvalue weighted by Crippen LogP contribution is -2.23. The summed E-state index contributed by atoms with van der Waals surface area (Å²) in [5.41, 5.74) is 4.10. The van der Waals surface area contributed by atoms with Crippen molar-refractivity contribution in [3.63, 3.8) is 0 Å². The van der Waals surface area contributed by atoms with Gasteiger partial charge in [-0.3, -0.25) is 14.5 Å². The lowest BCUT2D eigenvalue weighted by atomic mass is 10.2. The van der Waals surface area contributed by atoms with E-state index in [2.05, 4.69) is 33.8 Å². The second-order valence-electron chi connectivity index (χ2n) is 5.70. The Morgan fingerprint density at radius 3 is 2.79 bits per heavy atom. The zero-order valence-corrected chi connectivity index (χ0v) is 14.6. The summed E-state index contributed by atoms with van der Waals surface area (Å²) in [6, 6.07) is 7.95. The van der Waals surface area contributed by atoms with Crippen LogP contribution in [0.2, 0.25) is 0 Å². The van der Waals surface area contributed by atoms with Crippen LogP contribution in [-0.2, 0) is 24.8 Å². The van der Waals surface area contributed by atoms with E-state index in [4.69, 9.17) is 0 Å². The Bertz CT molecular complexity index is 820. The molecule has 0 saturated carbocycles. The third-order valence-electron chi connectivity index (χ3n) is 3.95. The van der Waals surface area contributed by atoms with Gasteiger partial charge in [0, 0.05) is 37.3 Å². The van der Waals surface area contributed by atoms with Gasteiger partial charge in [-0.25, -0.2) is 0 Å². The van der Waals surface area contributed by atoms with E-state index in [0.29, 0.717) is 13.0 Å². The van der Waals surface area contributed by atoms with E-state index in [1.54, 1.807) is 28.4 Å². The Morgan fingerprint density at radius 2 is 2.17 bits per heavy atom. The fourth-order valence-corrected chi connectivity index (χ4v) is 3.39. The molecule has 124 valence electrons. The fraction of sp³-hybridized carbons (Fsp3) is 0.278. The predicted octanol–water partition coefficient (Wildman–Crippen LogP) is 3.10. The molecule has 0 aliphatic rings. The normalized spacial score (nSPS) is 10.8. The zero-order valence-electron chi connectivity index (χ0n) is 13.8. The minimum absolute atomic E-state index is 0.0681. The smallest absolute Gasteiger partial charge is 0.220 e. The molecule has 0 saturated heterocycles. The first-order valence-corrected chi connectivity index (χ1v) is 8.74. The first-order valence-electron chi connectivity index (χ1n) is 7.86. The number of aryl methyl sites for hydroxylation is 3. The number of amides is 1. The summed E-state index contributed by atoms with van der Waals surface area (Å²) in [6.07, 6.45) is 4.86. The van der Waals surface area contributed by atoms with Crippen LogP contribution in [0.3, 0.4) is 0 Å². The van der Waals surface area contributed by atoms with Crippen LogP contribution in [-0.4, -0.2) is 20.7 Å². The largest absolute Gasteiger partial charge is 0.352 e. The molecule has 24 heavy (non-hydrogen) atoms. The lowest BCUT2D eigenvalue weighted by Gasteiger charge is -2.06. The summed E-state index contributed by atoms with van der Waals surface area (Å²) < 4.78 is 1.79. The molecular weight excluding hydrogens is 320 g/mol. The van der Waals surface area contributed by atoms with Crippen LogP contribution in [0.15, 0.2) is 42.0 Å². The number of nitrogens with one attached hydrogen (secondary N) is 1. The number of aromatic nitrogens is 3. The molecule has 1 N–H and O–H groups in total. The van der Waals surface area contributed by atoms with E-state index >= 15 is 0 Å². The molecule has 3 rings (SSSR count). The van der Waals surface area contributed by atoms with Crippen LogP contribution < -0.4 is 5.32 Å². The quantitative estimate of drug-likeness (QED) is 0.750. The van der Waals surface area contributed by atoms with Crippen molar-refractivity contribution in [2.24, 2.45) is 7.05 Å². The van der Waals surface area contributed by atoms with Gasteiger partial charge in [-0.1, -0.05) is 6.07 Å². The molecule has 0 fully saturated rings. The Kier molecular flexibility index (Phi) is 5.05. The maximum Gasteiger partial charge on any atom is 0.220 e. The van der Waals surface area contributed by atoms with Gasteiger partial charge in [-0.2, -0.15) is 5.10 Å². The van der Waals surface area contributed by atoms with Crippen molar-refractivity contribution < 1.29 is 4.79 Å². The van der Waals surface area contributed by atoms with Crippen LogP contribution >= 0.6 is 11.3 Å². The molecular formula is C18H20N4OS. The topological polar surface area (TPSA) is 59.8 Å². The van der Waals surface area contributed by atoms with Crippen molar-refractivity contribution >= 4 is 17.2 Å². The molecule has 3 aromatic heterocycles. The van der Waals surface area contributed by atoms with E-state index in [9.17, 15) is 4.79 Å². The van der Waals surface area contributed by atoms with E-state index in [-0.39, 0.29) is 5.91 Å². The van der Waals surface area contributed by atoms with Gasteiger partial charge in [0.15, 0.2) is 0 Å². The standard InChI is InChI=1S/C18H20N4OS/c1-13-8-10-24-17(13)5-6-18(23)20-12-14-3-4-15(19-11-14)16-7-9-21-22(16)2/h3-4,7-11H,5-6,12H2,1-2H3,(H,20,23). The number of rotatable bonds is 6. The minimum atomic E-state index is 0.0681. The Balaban J connectivity index is 1.50. The van der Waals surface area contributed by atoms with Crippen LogP contribution in [0.5, 0.6) is 0 Å². The van der Waals surface area contributed by atoms with Crippen molar-refractivity contribution in [3.05, 3.63) is 58.0 Å². The van der Waals surface area contributed by atoms with E-state index < -0.39 is 0 Å². The van der Waals surface area contributed by atoms with Gasteiger partial charge in [0.25, 0.3) is 0 Å². The van der Waals surface area contributed by atoms with Gasteiger partial charge in [0.1, 0.15) is 0 Å². The highest BCUT2D eigenvalue weighted by Crippen LogP contribution is 2.17. The van der Waals surface area contributed by atoms with Gasteiger partial charge >= 0.3 is 0 Å². The third kappa shape index (κ3) is 3.89. The number of hydrogen-bond donors (Lipinski definition) is 1. The molecule has 0 aromatic carbocycles. The number of nitrogens with zero attached hydrogens (tertiary/aromatic N) is 3. The molecule has 0 aliphatic carbocycles. The maximum atomic E-state index is 12.0. The van der Waals surface area contributed by atoms with Gasteiger partial charge < -0.3 is 5.32 Å². The molecule has 0 unspecified atom stereocenters. The highest BCUT2D eigenvalue weighted by Gasteiger charge is 2.07. The maximum absolute atomic E-state index is 12.0. The third-order valence-corrected chi connectivity index (χ3v) is 5.03. The summed E-state index contributed by atoms with van der Waals surface area (Å²) >= 11 is 1.71. The average Bonchev–Trinajstić information content (AvgIpc) is 3.20. The summed E-state index contributed by atoms with van der Waals surface area (Å²) in [7, 11) is 1.89.